The molecule has 2 heterocycles. The normalized spacial score (nSPS) is 24.4. The van der Waals surface area contributed by atoms with Crippen LogP contribution in [0.1, 0.15) is 31.5 Å². The van der Waals surface area contributed by atoms with Gasteiger partial charge in [-0.1, -0.05) is 0 Å². The number of aryl methyl sites for hydroxylation is 1. The quantitative estimate of drug-likeness (QED) is 0.849. The number of carbonyl (C=O) groups excluding carboxylic acids is 1. The number of hydrogen-bond donors (Lipinski definition) is 1. The fourth-order valence-corrected chi connectivity index (χ4v) is 2.62. The molecule has 1 amide bonds. The molecule has 1 saturated carbocycles. The molecule has 6 nitrogen and oxygen atoms in total. The van der Waals surface area contributed by atoms with Gasteiger partial charge in [-0.2, -0.15) is 5.10 Å². The standard InChI is InChI=1S/C13H21N5O/c1-17-12(14-9-15-17)8-18-6-2-3-10(7-18)13(19)16-11-4-5-11/h9-11H,2-8H2,1H3,(H,16,19). The van der Waals surface area contributed by atoms with E-state index < -0.39 is 0 Å². The summed E-state index contributed by atoms with van der Waals surface area (Å²) in [6.07, 6.45) is 5.98. The van der Waals surface area contributed by atoms with Crippen LogP contribution in [0.3, 0.4) is 0 Å². The number of likely N-dealkylation sites (tertiary alicyclic amines) is 1. The maximum atomic E-state index is 12.1. The Morgan fingerprint density at radius 3 is 3.00 bits per heavy atom. The Kier molecular flexibility index (Phi) is 3.50. The summed E-state index contributed by atoms with van der Waals surface area (Å²) in [6.45, 7) is 2.66. The summed E-state index contributed by atoms with van der Waals surface area (Å²) in [5.41, 5.74) is 0. The van der Waals surface area contributed by atoms with E-state index in [9.17, 15) is 4.79 Å². The number of aromatic nitrogens is 3. The number of amides is 1. The van der Waals surface area contributed by atoms with E-state index >= 15 is 0 Å². The first-order valence-electron chi connectivity index (χ1n) is 7.08. The second kappa shape index (κ2) is 5.28. The predicted molar refractivity (Wildman–Crippen MR) is 70.2 cm³/mol. The Morgan fingerprint density at radius 2 is 2.32 bits per heavy atom. The molecule has 0 aromatic carbocycles. The highest BCUT2D eigenvalue weighted by molar-refractivity contribution is 5.79. The lowest BCUT2D eigenvalue weighted by atomic mass is 9.97. The molecule has 1 aromatic heterocycles. The van der Waals surface area contributed by atoms with Crippen LogP contribution < -0.4 is 5.32 Å². The third-order valence-electron chi connectivity index (χ3n) is 3.97. The number of nitrogens with zero attached hydrogens (tertiary/aromatic N) is 4. The Balaban J connectivity index is 1.55. The molecule has 1 unspecified atom stereocenters. The van der Waals surface area contributed by atoms with E-state index in [1.54, 1.807) is 11.0 Å². The lowest BCUT2D eigenvalue weighted by molar-refractivity contribution is -0.126. The van der Waals surface area contributed by atoms with Crippen molar-refractivity contribution in [2.24, 2.45) is 13.0 Å². The minimum Gasteiger partial charge on any atom is -0.353 e. The molecule has 0 bridgehead atoms. The zero-order valence-electron chi connectivity index (χ0n) is 11.4. The summed E-state index contributed by atoms with van der Waals surface area (Å²) in [4.78, 5) is 18.7. The molecule has 3 rings (SSSR count). The zero-order chi connectivity index (χ0) is 13.2. The molecule has 104 valence electrons. The lowest BCUT2D eigenvalue weighted by Gasteiger charge is -2.31. The van der Waals surface area contributed by atoms with Crippen molar-refractivity contribution >= 4 is 5.91 Å². The maximum absolute atomic E-state index is 12.1. The molecular weight excluding hydrogens is 242 g/mol. The highest BCUT2D eigenvalue weighted by Gasteiger charge is 2.30. The first-order chi connectivity index (χ1) is 9.22. The first kappa shape index (κ1) is 12.6. The van der Waals surface area contributed by atoms with E-state index in [1.165, 1.54) is 0 Å². The van der Waals surface area contributed by atoms with E-state index in [0.29, 0.717) is 6.04 Å². The first-order valence-corrected chi connectivity index (χ1v) is 7.08. The molecule has 1 saturated heterocycles. The van der Waals surface area contributed by atoms with Crippen molar-refractivity contribution in [1.29, 1.82) is 0 Å². The average Bonchev–Trinajstić information content (AvgIpc) is 3.13. The molecule has 1 aliphatic heterocycles. The van der Waals surface area contributed by atoms with Gasteiger partial charge in [0.2, 0.25) is 5.91 Å². The maximum Gasteiger partial charge on any atom is 0.224 e. The molecule has 1 atom stereocenters. The summed E-state index contributed by atoms with van der Waals surface area (Å²) < 4.78 is 1.80. The van der Waals surface area contributed by atoms with Crippen molar-refractivity contribution in [2.45, 2.75) is 38.3 Å². The van der Waals surface area contributed by atoms with Crippen LogP contribution in [0.15, 0.2) is 6.33 Å². The predicted octanol–water partition coefficient (Wildman–Crippen LogP) is 0.306. The highest BCUT2D eigenvalue weighted by Crippen LogP contribution is 2.22. The van der Waals surface area contributed by atoms with Crippen molar-refractivity contribution in [2.75, 3.05) is 13.1 Å². The van der Waals surface area contributed by atoms with Gasteiger partial charge in [0.25, 0.3) is 0 Å². The van der Waals surface area contributed by atoms with E-state index in [1.807, 2.05) is 7.05 Å². The van der Waals surface area contributed by atoms with Crippen LogP contribution in [-0.2, 0) is 18.4 Å². The van der Waals surface area contributed by atoms with Crippen molar-refractivity contribution in [3.63, 3.8) is 0 Å². The third kappa shape index (κ3) is 3.12. The largest absolute Gasteiger partial charge is 0.353 e. The molecule has 2 fully saturated rings. The summed E-state index contributed by atoms with van der Waals surface area (Å²) in [7, 11) is 1.91. The third-order valence-corrected chi connectivity index (χ3v) is 3.97. The van der Waals surface area contributed by atoms with Gasteiger partial charge < -0.3 is 5.32 Å². The summed E-state index contributed by atoms with van der Waals surface area (Å²) in [6, 6.07) is 0.460. The van der Waals surface area contributed by atoms with Gasteiger partial charge in [-0.15, -0.1) is 0 Å². The van der Waals surface area contributed by atoms with E-state index in [0.717, 1.165) is 51.1 Å². The van der Waals surface area contributed by atoms with E-state index in [-0.39, 0.29) is 11.8 Å². The molecule has 1 aliphatic carbocycles. The fourth-order valence-electron chi connectivity index (χ4n) is 2.62. The number of hydrogen-bond acceptors (Lipinski definition) is 4. The Morgan fingerprint density at radius 1 is 1.47 bits per heavy atom. The van der Waals surface area contributed by atoms with Crippen molar-refractivity contribution in [3.05, 3.63) is 12.2 Å². The average molecular weight is 263 g/mol. The minimum atomic E-state index is 0.141. The number of nitrogens with one attached hydrogen (secondary N) is 1. The van der Waals surface area contributed by atoms with Crippen LogP contribution in [0.5, 0.6) is 0 Å². The van der Waals surface area contributed by atoms with Gasteiger partial charge in [-0.25, -0.2) is 4.98 Å². The van der Waals surface area contributed by atoms with E-state index in [2.05, 4.69) is 20.3 Å². The van der Waals surface area contributed by atoms with Crippen LogP contribution >= 0.6 is 0 Å². The van der Waals surface area contributed by atoms with Crippen molar-refractivity contribution in [3.8, 4) is 0 Å². The summed E-state index contributed by atoms with van der Waals surface area (Å²) in [5.74, 6) is 1.34. The highest BCUT2D eigenvalue weighted by atomic mass is 16.2. The molecule has 1 aromatic rings. The van der Waals surface area contributed by atoms with Gasteiger partial charge >= 0.3 is 0 Å². The van der Waals surface area contributed by atoms with Gasteiger partial charge in [0.15, 0.2) is 0 Å². The van der Waals surface area contributed by atoms with Gasteiger partial charge in [0.05, 0.1) is 12.5 Å². The van der Waals surface area contributed by atoms with Crippen molar-refractivity contribution < 1.29 is 4.79 Å². The SMILES string of the molecule is Cn1ncnc1CN1CCCC(C(=O)NC2CC2)C1. The zero-order valence-corrected chi connectivity index (χ0v) is 11.4. The Labute approximate surface area is 113 Å². The molecule has 2 aliphatic rings. The molecule has 1 N–H and O–H groups in total. The second-order valence-electron chi connectivity index (χ2n) is 5.66. The summed E-state index contributed by atoms with van der Waals surface area (Å²) in [5, 5.41) is 7.20. The van der Waals surface area contributed by atoms with Gasteiger partial charge in [-0.3, -0.25) is 14.4 Å². The van der Waals surface area contributed by atoms with Crippen LogP contribution in [0.2, 0.25) is 0 Å². The van der Waals surface area contributed by atoms with Gasteiger partial charge in [-0.05, 0) is 32.2 Å². The molecular formula is C13H21N5O. The Hall–Kier alpha value is -1.43. The fraction of sp³-hybridized carbons (Fsp3) is 0.769. The van der Waals surface area contributed by atoms with Crippen LogP contribution in [0.25, 0.3) is 0 Å². The van der Waals surface area contributed by atoms with Crippen LogP contribution in [0, 0.1) is 5.92 Å². The summed E-state index contributed by atoms with van der Waals surface area (Å²) >= 11 is 0. The van der Waals surface area contributed by atoms with E-state index in [4.69, 9.17) is 0 Å². The molecule has 19 heavy (non-hydrogen) atoms. The van der Waals surface area contributed by atoms with Crippen LogP contribution in [-0.4, -0.2) is 44.7 Å². The second-order valence-corrected chi connectivity index (χ2v) is 5.66. The number of carbonyl (C=O) groups is 1. The molecule has 0 radical (unpaired) electrons. The van der Waals surface area contributed by atoms with Gasteiger partial charge in [0.1, 0.15) is 12.2 Å². The Bertz CT molecular complexity index is 454. The molecule has 6 heteroatoms. The van der Waals surface area contributed by atoms with Crippen molar-refractivity contribution in [1.82, 2.24) is 25.0 Å². The number of rotatable bonds is 4. The topological polar surface area (TPSA) is 63.1 Å². The lowest BCUT2D eigenvalue weighted by Crippen LogP contribution is -2.43. The smallest absolute Gasteiger partial charge is 0.224 e. The molecule has 0 spiro atoms. The van der Waals surface area contributed by atoms with Crippen LogP contribution in [0.4, 0.5) is 0 Å². The number of piperidine rings is 1. The monoisotopic (exact) mass is 263 g/mol. The minimum absolute atomic E-state index is 0.141. The van der Waals surface area contributed by atoms with Gasteiger partial charge in [0, 0.05) is 19.6 Å².